The molecule has 1 aromatic carbocycles. The van der Waals surface area contributed by atoms with Crippen LogP contribution in [-0.2, 0) is 6.42 Å². The van der Waals surface area contributed by atoms with Crippen molar-refractivity contribution in [3.63, 3.8) is 0 Å². The van der Waals surface area contributed by atoms with E-state index in [4.69, 9.17) is 4.74 Å². The molecule has 0 aliphatic carbocycles. The van der Waals surface area contributed by atoms with Gasteiger partial charge in [0.2, 0.25) is 5.88 Å². The Morgan fingerprint density at radius 1 is 1.17 bits per heavy atom. The highest BCUT2D eigenvalue weighted by Gasteiger charge is 2.05. The molecule has 0 aliphatic heterocycles. The van der Waals surface area contributed by atoms with Crippen LogP contribution >= 0.6 is 31.9 Å². The second-order valence-corrected chi connectivity index (χ2v) is 5.48. The quantitative estimate of drug-likeness (QED) is 0.727. The molecule has 0 bridgehead atoms. The van der Waals surface area contributed by atoms with Crippen LogP contribution in [0.15, 0.2) is 39.4 Å². The summed E-state index contributed by atoms with van der Waals surface area (Å²) in [5.74, 6) is 2.09. The summed E-state index contributed by atoms with van der Waals surface area (Å²) in [6, 6.07) is 9.42. The summed E-state index contributed by atoms with van der Waals surface area (Å²) in [6.45, 7) is 2.10. The van der Waals surface area contributed by atoms with Gasteiger partial charge in [-0.1, -0.05) is 28.9 Å². The molecule has 0 spiro atoms. The van der Waals surface area contributed by atoms with E-state index in [1.807, 2.05) is 24.3 Å². The summed E-state index contributed by atoms with van der Waals surface area (Å²) in [4.78, 5) is 8.67. The molecule has 1 heterocycles. The maximum atomic E-state index is 5.72. The molecule has 0 fully saturated rings. The summed E-state index contributed by atoms with van der Waals surface area (Å²) in [7, 11) is 0. The second kappa shape index (κ2) is 6.29. The van der Waals surface area contributed by atoms with Gasteiger partial charge in [-0.3, -0.25) is 0 Å². The van der Waals surface area contributed by atoms with E-state index in [9.17, 15) is 0 Å². The number of halogens is 2. The smallest absolute Gasteiger partial charge is 0.223 e. The Morgan fingerprint density at radius 2 is 2.00 bits per heavy atom. The first-order valence-electron chi connectivity index (χ1n) is 5.64. The van der Waals surface area contributed by atoms with Gasteiger partial charge in [-0.2, -0.15) is 4.98 Å². The third kappa shape index (κ3) is 3.78. The lowest BCUT2D eigenvalue weighted by Crippen LogP contribution is -1.97. The van der Waals surface area contributed by atoms with Crippen molar-refractivity contribution >= 4 is 31.9 Å². The van der Waals surface area contributed by atoms with Gasteiger partial charge in [0.1, 0.15) is 16.2 Å². The first-order chi connectivity index (χ1) is 8.67. The van der Waals surface area contributed by atoms with Gasteiger partial charge in [0.05, 0.1) is 0 Å². The average Bonchev–Trinajstić information content (AvgIpc) is 2.28. The minimum absolute atomic E-state index is 0.554. The van der Waals surface area contributed by atoms with Crippen LogP contribution in [-0.4, -0.2) is 9.97 Å². The molecule has 0 N–H and O–H groups in total. The first kappa shape index (κ1) is 13.5. The molecule has 0 aliphatic rings. The molecule has 0 radical (unpaired) electrons. The predicted octanol–water partition coefficient (Wildman–Crippen LogP) is 4.75. The van der Waals surface area contributed by atoms with Crippen LogP contribution in [0.25, 0.3) is 0 Å². The van der Waals surface area contributed by atoms with Gasteiger partial charge in [-0.05, 0) is 40.5 Å². The minimum atomic E-state index is 0.554. The van der Waals surface area contributed by atoms with E-state index in [0.717, 1.165) is 33.5 Å². The van der Waals surface area contributed by atoms with E-state index >= 15 is 0 Å². The fraction of sp³-hybridized carbons (Fsp3) is 0.231. The van der Waals surface area contributed by atoms with Crippen molar-refractivity contribution in [3.8, 4) is 11.6 Å². The van der Waals surface area contributed by atoms with Gasteiger partial charge in [-0.25, -0.2) is 4.98 Å². The van der Waals surface area contributed by atoms with Gasteiger partial charge in [-0.15, -0.1) is 0 Å². The average molecular weight is 372 g/mol. The van der Waals surface area contributed by atoms with E-state index < -0.39 is 0 Å². The lowest BCUT2D eigenvalue weighted by Gasteiger charge is -2.07. The van der Waals surface area contributed by atoms with Gasteiger partial charge in [0, 0.05) is 17.0 Å². The summed E-state index contributed by atoms with van der Waals surface area (Å²) in [5.41, 5.74) is 0. The molecule has 1 aromatic heterocycles. The second-order valence-electron chi connectivity index (χ2n) is 3.75. The van der Waals surface area contributed by atoms with E-state index in [-0.39, 0.29) is 0 Å². The molecule has 0 unspecified atom stereocenters. The molecule has 0 saturated carbocycles. The molecule has 0 amide bonds. The van der Waals surface area contributed by atoms with Crippen molar-refractivity contribution in [2.75, 3.05) is 0 Å². The lowest BCUT2D eigenvalue weighted by atomic mass is 10.3. The number of rotatable bonds is 4. The van der Waals surface area contributed by atoms with Crippen molar-refractivity contribution in [1.82, 2.24) is 9.97 Å². The fourth-order valence-corrected chi connectivity index (χ4v) is 2.26. The summed E-state index contributed by atoms with van der Waals surface area (Å²) >= 11 is 6.78. The van der Waals surface area contributed by atoms with Gasteiger partial charge >= 0.3 is 0 Å². The standard InChI is InChI=1S/C13H12Br2N2O/c1-2-4-12-16-11(15)8-13(17-12)18-10-6-3-5-9(14)7-10/h3,5-8H,2,4H2,1H3. The van der Waals surface area contributed by atoms with Crippen LogP contribution in [0.3, 0.4) is 0 Å². The van der Waals surface area contributed by atoms with Crippen LogP contribution in [0.2, 0.25) is 0 Å². The SMILES string of the molecule is CCCc1nc(Br)cc(Oc2cccc(Br)c2)n1. The molecule has 94 valence electrons. The Kier molecular flexibility index (Phi) is 4.72. The van der Waals surface area contributed by atoms with Crippen LogP contribution < -0.4 is 4.74 Å². The van der Waals surface area contributed by atoms with Crippen molar-refractivity contribution < 1.29 is 4.74 Å². The number of benzene rings is 1. The normalized spacial score (nSPS) is 10.4. The van der Waals surface area contributed by atoms with Crippen LogP contribution in [0.5, 0.6) is 11.6 Å². The number of hydrogen-bond donors (Lipinski definition) is 0. The molecule has 3 nitrogen and oxygen atoms in total. The van der Waals surface area contributed by atoms with E-state index in [1.165, 1.54) is 0 Å². The first-order valence-corrected chi connectivity index (χ1v) is 7.23. The Hall–Kier alpha value is -0.940. The molecule has 18 heavy (non-hydrogen) atoms. The zero-order valence-electron chi connectivity index (χ0n) is 9.86. The third-order valence-corrected chi connectivity index (χ3v) is 3.11. The Morgan fingerprint density at radius 3 is 2.72 bits per heavy atom. The van der Waals surface area contributed by atoms with Crippen molar-refractivity contribution in [2.45, 2.75) is 19.8 Å². The molecule has 0 atom stereocenters. The van der Waals surface area contributed by atoms with E-state index in [0.29, 0.717) is 5.88 Å². The lowest BCUT2D eigenvalue weighted by molar-refractivity contribution is 0.457. The van der Waals surface area contributed by atoms with Crippen molar-refractivity contribution in [3.05, 3.63) is 45.2 Å². The largest absolute Gasteiger partial charge is 0.439 e. The Bertz CT molecular complexity index is 546. The summed E-state index contributed by atoms with van der Waals surface area (Å²) in [6.07, 6.45) is 1.85. The van der Waals surface area contributed by atoms with E-state index in [2.05, 4.69) is 48.8 Å². The molecular weight excluding hydrogens is 360 g/mol. The summed E-state index contributed by atoms with van der Waals surface area (Å²) in [5, 5.41) is 0. The number of ether oxygens (including phenoxy) is 1. The maximum absolute atomic E-state index is 5.72. The molecule has 0 saturated heterocycles. The monoisotopic (exact) mass is 370 g/mol. The number of hydrogen-bond acceptors (Lipinski definition) is 3. The van der Waals surface area contributed by atoms with Gasteiger partial charge in [0.15, 0.2) is 0 Å². The van der Waals surface area contributed by atoms with E-state index in [1.54, 1.807) is 6.07 Å². The fourth-order valence-electron chi connectivity index (χ4n) is 1.48. The number of aryl methyl sites for hydroxylation is 1. The Balaban J connectivity index is 2.23. The highest BCUT2D eigenvalue weighted by molar-refractivity contribution is 9.10. The zero-order valence-corrected chi connectivity index (χ0v) is 13.0. The minimum Gasteiger partial charge on any atom is -0.439 e. The van der Waals surface area contributed by atoms with Gasteiger partial charge in [0.25, 0.3) is 0 Å². The molecule has 2 aromatic rings. The van der Waals surface area contributed by atoms with Crippen molar-refractivity contribution in [1.29, 1.82) is 0 Å². The highest BCUT2D eigenvalue weighted by atomic mass is 79.9. The zero-order chi connectivity index (χ0) is 13.0. The third-order valence-electron chi connectivity index (χ3n) is 2.21. The van der Waals surface area contributed by atoms with Crippen LogP contribution in [0.1, 0.15) is 19.2 Å². The summed E-state index contributed by atoms with van der Waals surface area (Å²) < 4.78 is 7.43. The maximum Gasteiger partial charge on any atom is 0.223 e. The topological polar surface area (TPSA) is 35.0 Å². The van der Waals surface area contributed by atoms with Gasteiger partial charge < -0.3 is 4.74 Å². The van der Waals surface area contributed by atoms with Crippen LogP contribution in [0.4, 0.5) is 0 Å². The molecule has 5 heteroatoms. The van der Waals surface area contributed by atoms with Crippen LogP contribution in [0, 0.1) is 0 Å². The number of aromatic nitrogens is 2. The highest BCUT2D eigenvalue weighted by Crippen LogP contribution is 2.24. The number of nitrogens with zero attached hydrogens (tertiary/aromatic N) is 2. The molecule has 2 rings (SSSR count). The molecular formula is C13H12Br2N2O. The van der Waals surface area contributed by atoms with Crippen molar-refractivity contribution in [2.24, 2.45) is 0 Å². The Labute approximate surface area is 123 Å². The predicted molar refractivity (Wildman–Crippen MR) is 77.9 cm³/mol.